The molecule has 1 aromatic rings. The second-order valence-corrected chi connectivity index (χ2v) is 3.98. The summed E-state index contributed by atoms with van der Waals surface area (Å²) >= 11 is 0. The Hall–Kier alpha value is -0.800. The Morgan fingerprint density at radius 2 is 2.14 bits per heavy atom. The van der Waals surface area contributed by atoms with Crippen molar-refractivity contribution in [2.45, 2.75) is 44.4 Å². The van der Waals surface area contributed by atoms with E-state index in [0.717, 1.165) is 31.2 Å². The highest BCUT2D eigenvalue weighted by Crippen LogP contribution is 2.20. The zero-order valence-corrected chi connectivity index (χ0v) is 8.32. The van der Waals surface area contributed by atoms with Gasteiger partial charge in [-0.05, 0) is 31.7 Å². The summed E-state index contributed by atoms with van der Waals surface area (Å²) in [6, 6.07) is 2.33. The molecule has 2 N–H and O–H groups in total. The first-order valence-electron chi connectivity index (χ1n) is 5.23. The van der Waals surface area contributed by atoms with Crippen molar-refractivity contribution in [3.8, 4) is 0 Å². The van der Waals surface area contributed by atoms with Crippen LogP contribution in [0.25, 0.3) is 0 Å². The standard InChI is InChI=1S/C11H17NO2/c12-10-1-3-11(4-2-10)14-8-9-5-6-13-7-9/h5-7,10-11H,1-4,8,12H2. The van der Waals surface area contributed by atoms with E-state index in [0.29, 0.717) is 18.8 Å². The molecule has 2 rings (SSSR count). The highest BCUT2D eigenvalue weighted by atomic mass is 16.5. The van der Waals surface area contributed by atoms with Crippen molar-refractivity contribution in [3.05, 3.63) is 24.2 Å². The second-order valence-electron chi connectivity index (χ2n) is 3.98. The summed E-state index contributed by atoms with van der Waals surface area (Å²) in [7, 11) is 0. The largest absolute Gasteiger partial charge is 0.472 e. The van der Waals surface area contributed by atoms with Crippen LogP contribution in [-0.4, -0.2) is 12.1 Å². The van der Waals surface area contributed by atoms with Crippen LogP contribution in [0.3, 0.4) is 0 Å². The normalized spacial score (nSPS) is 27.8. The highest BCUT2D eigenvalue weighted by Gasteiger charge is 2.18. The van der Waals surface area contributed by atoms with Gasteiger partial charge < -0.3 is 14.9 Å². The number of furan rings is 1. The topological polar surface area (TPSA) is 48.4 Å². The molecule has 0 aliphatic heterocycles. The molecule has 1 aromatic heterocycles. The molecular weight excluding hydrogens is 178 g/mol. The molecule has 0 amide bonds. The van der Waals surface area contributed by atoms with Gasteiger partial charge in [0.2, 0.25) is 0 Å². The molecule has 78 valence electrons. The maximum atomic E-state index is 5.82. The van der Waals surface area contributed by atoms with Crippen molar-refractivity contribution in [1.82, 2.24) is 0 Å². The lowest BCUT2D eigenvalue weighted by molar-refractivity contribution is 0.0136. The van der Waals surface area contributed by atoms with Gasteiger partial charge in [0.25, 0.3) is 0 Å². The first kappa shape index (κ1) is 9.74. The van der Waals surface area contributed by atoms with Crippen LogP contribution in [0.15, 0.2) is 23.0 Å². The molecule has 1 aliphatic rings. The highest BCUT2D eigenvalue weighted by molar-refractivity contribution is 5.03. The van der Waals surface area contributed by atoms with E-state index in [9.17, 15) is 0 Å². The van der Waals surface area contributed by atoms with Crippen molar-refractivity contribution in [2.24, 2.45) is 5.73 Å². The molecule has 1 heterocycles. The fraction of sp³-hybridized carbons (Fsp3) is 0.636. The van der Waals surface area contributed by atoms with Gasteiger partial charge >= 0.3 is 0 Å². The summed E-state index contributed by atoms with van der Waals surface area (Å²) in [5.74, 6) is 0. The van der Waals surface area contributed by atoms with Crippen molar-refractivity contribution >= 4 is 0 Å². The van der Waals surface area contributed by atoms with Gasteiger partial charge in [-0.1, -0.05) is 0 Å². The first-order valence-corrected chi connectivity index (χ1v) is 5.23. The van der Waals surface area contributed by atoms with Crippen LogP contribution in [0.5, 0.6) is 0 Å². The lowest BCUT2D eigenvalue weighted by atomic mass is 9.94. The quantitative estimate of drug-likeness (QED) is 0.803. The third kappa shape index (κ3) is 2.59. The van der Waals surface area contributed by atoms with Gasteiger partial charge in [-0.3, -0.25) is 0 Å². The molecule has 0 spiro atoms. The predicted octanol–water partition coefficient (Wildman–Crippen LogP) is 2.07. The molecule has 0 radical (unpaired) electrons. The van der Waals surface area contributed by atoms with Crippen molar-refractivity contribution in [2.75, 3.05) is 0 Å². The zero-order valence-electron chi connectivity index (χ0n) is 8.32. The van der Waals surface area contributed by atoms with Gasteiger partial charge in [-0.25, -0.2) is 0 Å². The van der Waals surface area contributed by atoms with E-state index in [4.69, 9.17) is 14.9 Å². The fourth-order valence-electron chi connectivity index (χ4n) is 1.84. The van der Waals surface area contributed by atoms with Crippen LogP contribution < -0.4 is 5.73 Å². The third-order valence-corrected chi connectivity index (χ3v) is 2.78. The van der Waals surface area contributed by atoms with Gasteiger partial charge in [-0.2, -0.15) is 0 Å². The van der Waals surface area contributed by atoms with E-state index in [1.165, 1.54) is 0 Å². The Balaban J connectivity index is 1.71. The molecule has 0 aromatic carbocycles. The van der Waals surface area contributed by atoms with E-state index in [1.54, 1.807) is 12.5 Å². The molecule has 0 atom stereocenters. The minimum absolute atomic E-state index is 0.392. The Morgan fingerprint density at radius 1 is 1.36 bits per heavy atom. The Labute approximate surface area is 84.2 Å². The van der Waals surface area contributed by atoms with Crippen LogP contribution in [0, 0.1) is 0 Å². The number of hydrogen-bond donors (Lipinski definition) is 1. The maximum absolute atomic E-state index is 5.82. The summed E-state index contributed by atoms with van der Waals surface area (Å²) in [5, 5.41) is 0. The van der Waals surface area contributed by atoms with Crippen LogP contribution in [0.4, 0.5) is 0 Å². The van der Waals surface area contributed by atoms with Gasteiger partial charge in [-0.15, -0.1) is 0 Å². The molecule has 0 saturated heterocycles. The van der Waals surface area contributed by atoms with E-state index < -0.39 is 0 Å². The summed E-state index contributed by atoms with van der Waals surface area (Å²) in [4.78, 5) is 0. The molecule has 3 nitrogen and oxygen atoms in total. The Kier molecular flexibility index (Phi) is 3.22. The molecule has 0 unspecified atom stereocenters. The minimum Gasteiger partial charge on any atom is -0.472 e. The summed E-state index contributed by atoms with van der Waals surface area (Å²) in [5.41, 5.74) is 6.93. The van der Waals surface area contributed by atoms with E-state index >= 15 is 0 Å². The van der Waals surface area contributed by atoms with Crippen molar-refractivity contribution in [3.63, 3.8) is 0 Å². The third-order valence-electron chi connectivity index (χ3n) is 2.78. The first-order chi connectivity index (χ1) is 6.84. The zero-order chi connectivity index (χ0) is 9.80. The van der Waals surface area contributed by atoms with Crippen molar-refractivity contribution < 1.29 is 9.15 Å². The average Bonchev–Trinajstić information content (AvgIpc) is 2.70. The number of rotatable bonds is 3. The minimum atomic E-state index is 0.392. The smallest absolute Gasteiger partial charge is 0.0957 e. The summed E-state index contributed by atoms with van der Waals surface area (Å²) < 4.78 is 10.7. The van der Waals surface area contributed by atoms with Gasteiger partial charge in [0.1, 0.15) is 0 Å². The van der Waals surface area contributed by atoms with Gasteiger partial charge in [0.05, 0.1) is 25.2 Å². The number of ether oxygens (including phenoxy) is 1. The van der Waals surface area contributed by atoms with Crippen LogP contribution >= 0.6 is 0 Å². The fourth-order valence-corrected chi connectivity index (χ4v) is 1.84. The lowest BCUT2D eigenvalue weighted by Gasteiger charge is -2.25. The monoisotopic (exact) mass is 195 g/mol. The van der Waals surface area contributed by atoms with E-state index in [-0.39, 0.29) is 0 Å². The number of hydrogen-bond acceptors (Lipinski definition) is 3. The molecule has 3 heteroatoms. The lowest BCUT2D eigenvalue weighted by Crippen LogP contribution is -2.30. The van der Waals surface area contributed by atoms with Crippen molar-refractivity contribution in [1.29, 1.82) is 0 Å². The second kappa shape index (κ2) is 4.62. The molecular formula is C11H17NO2. The maximum Gasteiger partial charge on any atom is 0.0957 e. The summed E-state index contributed by atoms with van der Waals surface area (Å²) in [6.45, 7) is 0.663. The molecule has 1 saturated carbocycles. The van der Waals surface area contributed by atoms with Gasteiger partial charge in [0, 0.05) is 11.6 Å². The number of nitrogens with two attached hydrogens (primary N) is 1. The Bertz CT molecular complexity index is 250. The van der Waals surface area contributed by atoms with Crippen LogP contribution in [0.1, 0.15) is 31.2 Å². The van der Waals surface area contributed by atoms with E-state index in [2.05, 4.69) is 0 Å². The van der Waals surface area contributed by atoms with E-state index in [1.807, 2.05) is 6.07 Å². The van der Waals surface area contributed by atoms with Crippen LogP contribution in [0.2, 0.25) is 0 Å². The average molecular weight is 195 g/mol. The molecule has 14 heavy (non-hydrogen) atoms. The SMILES string of the molecule is NC1CCC(OCc2ccoc2)CC1. The summed E-state index contributed by atoms with van der Waals surface area (Å²) in [6.07, 6.45) is 8.18. The molecule has 1 aliphatic carbocycles. The molecule has 1 fully saturated rings. The van der Waals surface area contributed by atoms with Gasteiger partial charge in [0.15, 0.2) is 0 Å². The van der Waals surface area contributed by atoms with Crippen LogP contribution in [-0.2, 0) is 11.3 Å². The molecule has 0 bridgehead atoms. The predicted molar refractivity (Wildman–Crippen MR) is 53.7 cm³/mol. The Morgan fingerprint density at radius 3 is 2.79 bits per heavy atom.